The standard InChI is InChI=1S/C21H27N3O6/c1-13(25)18(20(28)29)22-17(26)9-3-2-6-10-23-19(27)16-11-14-7-4-5-8-15(14)12-24(16)21(23)30/h4-5,7-8,13,16,18,25H,2-3,6,9-12H2,1H3,(H,22,26)(H,28,29)/t13-,16+,18-/m1/s1. The number of amides is 4. The molecule has 0 saturated carbocycles. The molecule has 9 heteroatoms. The van der Waals surface area contributed by atoms with Crippen LogP contribution in [0.5, 0.6) is 0 Å². The number of hydrogen-bond acceptors (Lipinski definition) is 5. The van der Waals surface area contributed by atoms with E-state index in [1.807, 2.05) is 24.3 Å². The van der Waals surface area contributed by atoms with E-state index in [0.717, 1.165) is 11.1 Å². The smallest absolute Gasteiger partial charge is 0.328 e. The molecule has 1 aromatic rings. The molecule has 0 aromatic heterocycles. The summed E-state index contributed by atoms with van der Waals surface area (Å²) < 4.78 is 0. The number of nitrogens with one attached hydrogen (secondary N) is 1. The summed E-state index contributed by atoms with van der Waals surface area (Å²) in [6.45, 7) is 2.04. The normalized spacial score (nSPS) is 19.9. The lowest BCUT2D eigenvalue weighted by Crippen LogP contribution is -2.47. The van der Waals surface area contributed by atoms with E-state index < -0.39 is 30.1 Å². The van der Waals surface area contributed by atoms with Crippen LogP contribution in [-0.4, -0.2) is 68.6 Å². The van der Waals surface area contributed by atoms with Crippen molar-refractivity contribution in [2.75, 3.05) is 6.54 Å². The third-order valence-corrected chi connectivity index (χ3v) is 5.63. The Balaban J connectivity index is 1.43. The Hall–Kier alpha value is -2.94. The first kappa shape index (κ1) is 21.8. The number of carbonyl (C=O) groups excluding carboxylic acids is 3. The number of carbonyl (C=O) groups is 4. The number of imide groups is 1. The summed E-state index contributed by atoms with van der Waals surface area (Å²) in [6, 6.07) is 5.79. The minimum atomic E-state index is -1.33. The van der Waals surface area contributed by atoms with Gasteiger partial charge in [-0.05, 0) is 30.9 Å². The molecule has 0 spiro atoms. The van der Waals surface area contributed by atoms with Gasteiger partial charge in [0.1, 0.15) is 6.04 Å². The first-order chi connectivity index (χ1) is 14.3. The molecule has 3 rings (SSSR count). The van der Waals surface area contributed by atoms with Crippen molar-refractivity contribution < 1.29 is 29.4 Å². The van der Waals surface area contributed by atoms with E-state index in [2.05, 4.69) is 5.32 Å². The van der Waals surface area contributed by atoms with Crippen molar-refractivity contribution in [1.29, 1.82) is 0 Å². The summed E-state index contributed by atoms with van der Waals surface area (Å²) in [5, 5.41) is 20.6. The maximum Gasteiger partial charge on any atom is 0.328 e. The highest BCUT2D eigenvalue weighted by Gasteiger charge is 2.46. The molecule has 1 aromatic carbocycles. The lowest BCUT2D eigenvalue weighted by atomic mass is 9.95. The van der Waals surface area contributed by atoms with Gasteiger partial charge < -0.3 is 20.4 Å². The van der Waals surface area contributed by atoms with Gasteiger partial charge in [0.2, 0.25) is 5.91 Å². The lowest BCUT2D eigenvalue weighted by Gasteiger charge is -2.28. The molecule has 0 bridgehead atoms. The first-order valence-corrected chi connectivity index (χ1v) is 10.2. The fourth-order valence-corrected chi connectivity index (χ4v) is 3.95. The number of aliphatic hydroxyl groups excluding tert-OH is 1. The lowest BCUT2D eigenvalue weighted by molar-refractivity contribution is -0.144. The molecule has 0 unspecified atom stereocenters. The number of unbranched alkanes of at least 4 members (excludes halogenated alkanes) is 2. The Kier molecular flexibility index (Phi) is 6.71. The van der Waals surface area contributed by atoms with Crippen molar-refractivity contribution in [3.63, 3.8) is 0 Å². The Bertz CT molecular complexity index is 797. The number of aliphatic hydroxyl groups is 1. The van der Waals surface area contributed by atoms with E-state index in [-0.39, 0.29) is 18.4 Å². The maximum absolute atomic E-state index is 12.7. The summed E-state index contributed by atoms with van der Waals surface area (Å²) in [5.41, 5.74) is 2.17. The van der Waals surface area contributed by atoms with Crippen LogP contribution in [0.1, 0.15) is 43.7 Å². The van der Waals surface area contributed by atoms with Crippen LogP contribution < -0.4 is 5.32 Å². The van der Waals surface area contributed by atoms with Crippen molar-refractivity contribution in [2.45, 2.75) is 63.8 Å². The predicted octanol–water partition coefficient (Wildman–Crippen LogP) is 0.886. The molecule has 0 radical (unpaired) electrons. The van der Waals surface area contributed by atoms with Crippen LogP contribution in [-0.2, 0) is 27.3 Å². The maximum atomic E-state index is 12.7. The molecule has 2 aliphatic rings. The molecular weight excluding hydrogens is 390 g/mol. The topological polar surface area (TPSA) is 127 Å². The fraction of sp³-hybridized carbons (Fsp3) is 0.524. The number of aliphatic carboxylic acids is 1. The summed E-state index contributed by atoms with van der Waals surface area (Å²) in [4.78, 5) is 51.1. The van der Waals surface area contributed by atoms with E-state index in [1.165, 1.54) is 11.8 Å². The third kappa shape index (κ3) is 4.62. The minimum Gasteiger partial charge on any atom is -0.480 e. The third-order valence-electron chi connectivity index (χ3n) is 5.63. The summed E-state index contributed by atoms with van der Waals surface area (Å²) in [6.07, 6.45) is 1.13. The van der Waals surface area contributed by atoms with E-state index in [9.17, 15) is 24.3 Å². The van der Waals surface area contributed by atoms with E-state index in [4.69, 9.17) is 5.11 Å². The van der Waals surface area contributed by atoms with Gasteiger partial charge in [-0.3, -0.25) is 14.5 Å². The molecule has 1 saturated heterocycles. The molecule has 2 aliphatic heterocycles. The number of carboxylic acid groups (broad SMARTS) is 1. The van der Waals surface area contributed by atoms with Gasteiger partial charge in [0.25, 0.3) is 5.91 Å². The zero-order valence-electron chi connectivity index (χ0n) is 16.9. The highest BCUT2D eigenvalue weighted by Crippen LogP contribution is 2.30. The number of benzene rings is 1. The molecule has 1 fully saturated rings. The van der Waals surface area contributed by atoms with Gasteiger partial charge in [-0.1, -0.05) is 30.7 Å². The molecule has 3 atom stereocenters. The van der Waals surface area contributed by atoms with Gasteiger partial charge in [-0.2, -0.15) is 0 Å². The van der Waals surface area contributed by atoms with Crippen LogP contribution in [0.3, 0.4) is 0 Å². The summed E-state index contributed by atoms with van der Waals surface area (Å²) in [5.74, 6) is -1.91. The molecular formula is C21H27N3O6. The van der Waals surface area contributed by atoms with E-state index >= 15 is 0 Å². The van der Waals surface area contributed by atoms with Crippen LogP contribution >= 0.6 is 0 Å². The molecule has 0 aliphatic carbocycles. The first-order valence-electron chi connectivity index (χ1n) is 10.2. The molecule has 3 N–H and O–H groups in total. The molecule has 2 heterocycles. The second kappa shape index (κ2) is 9.25. The Morgan fingerprint density at radius 1 is 1.17 bits per heavy atom. The van der Waals surface area contributed by atoms with E-state index in [0.29, 0.717) is 38.8 Å². The van der Waals surface area contributed by atoms with Gasteiger partial charge in [-0.25, -0.2) is 9.59 Å². The van der Waals surface area contributed by atoms with Gasteiger partial charge in [0.15, 0.2) is 6.04 Å². The number of carboxylic acids is 1. The zero-order chi connectivity index (χ0) is 21.8. The van der Waals surface area contributed by atoms with Crippen LogP contribution in [0.25, 0.3) is 0 Å². The van der Waals surface area contributed by atoms with Crippen LogP contribution in [0.15, 0.2) is 24.3 Å². The highest BCUT2D eigenvalue weighted by molar-refractivity contribution is 6.04. The Morgan fingerprint density at radius 2 is 1.87 bits per heavy atom. The molecule has 30 heavy (non-hydrogen) atoms. The van der Waals surface area contributed by atoms with Gasteiger partial charge in [0.05, 0.1) is 6.10 Å². The second-order valence-electron chi connectivity index (χ2n) is 7.82. The van der Waals surface area contributed by atoms with Crippen LogP contribution in [0.2, 0.25) is 0 Å². The number of hydrogen-bond donors (Lipinski definition) is 3. The molecule has 9 nitrogen and oxygen atoms in total. The molecule has 4 amide bonds. The SMILES string of the molecule is C[C@@H](O)[C@@H](NC(=O)CCCCCN1C(=O)[C@@H]2Cc3ccccc3CN2C1=O)C(=O)O. The second-order valence-corrected chi connectivity index (χ2v) is 7.82. The Labute approximate surface area is 174 Å². The van der Waals surface area contributed by atoms with Crippen molar-refractivity contribution in [3.05, 3.63) is 35.4 Å². The largest absolute Gasteiger partial charge is 0.480 e. The average Bonchev–Trinajstić information content (AvgIpc) is 2.93. The fourth-order valence-electron chi connectivity index (χ4n) is 3.95. The monoisotopic (exact) mass is 417 g/mol. The van der Waals surface area contributed by atoms with Crippen LogP contribution in [0, 0.1) is 0 Å². The summed E-state index contributed by atoms with van der Waals surface area (Å²) in [7, 11) is 0. The van der Waals surface area contributed by atoms with Gasteiger partial charge in [0, 0.05) is 25.9 Å². The van der Waals surface area contributed by atoms with Crippen molar-refractivity contribution in [3.8, 4) is 0 Å². The average molecular weight is 417 g/mol. The number of urea groups is 1. The zero-order valence-corrected chi connectivity index (χ0v) is 16.9. The van der Waals surface area contributed by atoms with Crippen molar-refractivity contribution >= 4 is 23.8 Å². The van der Waals surface area contributed by atoms with Crippen molar-refractivity contribution in [2.24, 2.45) is 0 Å². The summed E-state index contributed by atoms with van der Waals surface area (Å²) >= 11 is 0. The minimum absolute atomic E-state index is 0.114. The van der Waals surface area contributed by atoms with Crippen molar-refractivity contribution in [1.82, 2.24) is 15.1 Å². The quantitative estimate of drug-likeness (QED) is 0.404. The molecule has 162 valence electrons. The Morgan fingerprint density at radius 3 is 2.53 bits per heavy atom. The predicted molar refractivity (Wildman–Crippen MR) is 106 cm³/mol. The van der Waals surface area contributed by atoms with Crippen LogP contribution in [0.4, 0.5) is 4.79 Å². The van der Waals surface area contributed by atoms with E-state index in [1.54, 1.807) is 4.90 Å². The number of fused-ring (bicyclic) bond motifs is 2. The number of nitrogens with zero attached hydrogens (tertiary/aromatic N) is 2. The number of rotatable bonds is 9. The van der Waals surface area contributed by atoms with Gasteiger partial charge >= 0.3 is 12.0 Å². The van der Waals surface area contributed by atoms with Gasteiger partial charge in [-0.15, -0.1) is 0 Å². The highest BCUT2D eigenvalue weighted by atomic mass is 16.4.